The van der Waals surface area contributed by atoms with E-state index in [-0.39, 0.29) is 5.91 Å². The lowest BCUT2D eigenvalue weighted by molar-refractivity contribution is 0.102. The monoisotopic (exact) mass is 385 g/mol. The number of anilines is 1. The van der Waals surface area contributed by atoms with Crippen LogP contribution in [0.5, 0.6) is 0 Å². The Labute approximate surface area is 168 Å². The van der Waals surface area contributed by atoms with Crippen molar-refractivity contribution in [1.29, 1.82) is 0 Å². The zero-order chi connectivity index (χ0) is 20.2. The summed E-state index contributed by atoms with van der Waals surface area (Å²) in [6, 6.07) is 23.8. The van der Waals surface area contributed by atoms with Gasteiger partial charge in [-0.1, -0.05) is 66.7 Å². The highest BCUT2D eigenvalue weighted by Crippen LogP contribution is 2.24. The first-order valence-electron chi connectivity index (χ1n) is 9.34. The van der Waals surface area contributed by atoms with Crippen molar-refractivity contribution in [3.05, 3.63) is 108 Å². The lowest BCUT2D eigenvalue weighted by atomic mass is 10.1. The van der Waals surface area contributed by atoms with Crippen molar-refractivity contribution in [2.45, 2.75) is 13.5 Å². The standard InChI is InChI=1S/C24H20FN3O/c1-17-12-13-20(25)14-22(17)26-24(29)21-16-28(15-18-8-4-2-5-9-18)27-23(21)19-10-6-3-7-11-19/h2-14,16H,15H2,1H3,(H,26,29). The van der Waals surface area contributed by atoms with Gasteiger partial charge in [0.25, 0.3) is 5.91 Å². The molecule has 0 aliphatic heterocycles. The van der Waals surface area contributed by atoms with Gasteiger partial charge >= 0.3 is 0 Å². The van der Waals surface area contributed by atoms with E-state index in [1.807, 2.05) is 67.6 Å². The second-order valence-electron chi connectivity index (χ2n) is 6.85. The molecule has 1 aromatic heterocycles. The van der Waals surface area contributed by atoms with Crippen LogP contribution in [-0.2, 0) is 6.54 Å². The van der Waals surface area contributed by atoms with Gasteiger partial charge in [-0.05, 0) is 30.2 Å². The van der Waals surface area contributed by atoms with Crippen molar-refractivity contribution >= 4 is 11.6 Å². The molecule has 4 aromatic rings. The zero-order valence-corrected chi connectivity index (χ0v) is 16.0. The Hall–Kier alpha value is -3.73. The summed E-state index contributed by atoms with van der Waals surface area (Å²) in [4.78, 5) is 13.1. The van der Waals surface area contributed by atoms with Crippen LogP contribution in [-0.4, -0.2) is 15.7 Å². The van der Waals surface area contributed by atoms with E-state index in [4.69, 9.17) is 0 Å². The van der Waals surface area contributed by atoms with Gasteiger partial charge < -0.3 is 5.32 Å². The molecule has 1 N–H and O–H groups in total. The number of benzene rings is 3. The van der Waals surface area contributed by atoms with E-state index in [0.29, 0.717) is 23.5 Å². The highest BCUT2D eigenvalue weighted by Gasteiger charge is 2.19. The fourth-order valence-corrected chi connectivity index (χ4v) is 3.17. The SMILES string of the molecule is Cc1ccc(F)cc1NC(=O)c1cn(Cc2ccccc2)nc1-c1ccccc1. The molecule has 1 heterocycles. The second kappa shape index (κ2) is 8.10. The molecule has 3 aromatic carbocycles. The van der Waals surface area contributed by atoms with E-state index < -0.39 is 5.82 Å². The van der Waals surface area contributed by atoms with Crippen molar-refractivity contribution in [3.8, 4) is 11.3 Å². The van der Waals surface area contributed by atoms with Crippen LogP contribution in [0.15, 0.2) is 85.1 Å². The first-order valence-corrected chi connectivity index (χ1v) is 9.34. The Morgan fingerprint density at radius 3 is 2.41 bits per heavy atom. The van der Waals surface area contributed by atoms with Gasteiger partial charge in [-0.3, -0.25) is 9.48 Å². The van der Waals surface area contributed by atoms with Crippen LogP contribution in [0.3, 0.4) is 0 Å². The maximum absolute atomic E-state index is 13.6. The Bertz CT molecular complexity index is 1140. The molecule has 0 saturated carbocycles. The number of rotatable bonds is 5. The van der Waals surface area contributed by atoms with Crippen molar-refractivity contribution in [1.82, 2.24) is 9.78 Å². The summed E-state index contributed by atoms with van der Waals surface area (Å²) in [7, 11) is 0. The van der Waals surface area contributed by atoms with Crippen molar-refractivity contribution in [3.63, 3.8) is 0 Å². The highest BCUT2D eigenvalue weighted by molar-refractivity contribution is 6.08. The molecule has 1 amide bonds. The number of aromatic nitrogens is 2. The number of amides is 1. The summed E-state index contributed by atoms with van der Waals surface area (Å²) >= 11 is 0. The molecule has 0 aliphatic carbocycles. The second-order valence-corrected chi connectivity index (χ2v) is 6.85. The minimum Gasteiger partial charge on any atom is -0.322 e. The number of nitrogens with one attached hydrogen (secondary N) is 1. The third kappa shape index (κ3) is 4.24. The topological polar surface area (TPSA) is 46.9 Å². The van der Waals surface area contributed by atoms with Gasteiger partial charge in [-0.25, -0.2) is 4.39 Å². The average molecular weight is 385 g/mol. The normalized spacial score (nSPS) is 10.7. The van der Waals surface area contributed by atoms with Crippen molar-refractivity contribution < 1.29 is 9.18 Å². The summed E-state index contributed by atoms with van der Waals surface area (Å²) in [6.45, 7) is 2.37. The third-order valence-electron chi connectivity index (χ3n) is 4.69. The van der Waals surface area contributed by atoms with E-state index in [1.54, 1.807) is 16.9 Å². The Morgan fingerprint density at radius 2 is 1.69 bits per heavy atom. The van der Waals surface area contributed by atoms with E-state index >= 15 is 0 Å². The highest BCUT2D eigenvalue weighted by atomic mass is 19.1. The van der Waals surface area contributed by atoms with Crippen molar-refractivity contribution in [2.75, 3.05) is 5.32 Å². The molecule has 0 fully saturated rings. The van der Waals surface area contributed by atoms with Gasteiger partial charge in [-0.15, -0.1) is 0 Å². The van der Waals surface area contributed by atoms with Crippen LogP contribution in [0, 0.1) is 12.7 Å². The fraction of sp³-hybridized carbons (Fsp3) is 0.0833. The predicted molar refractivity (Wildman–Crippen MR) is 112 cm³/mol. The van der Waals surface area contributed by atoms with Crippen molar-refractivity contribution in [2.24, 2.45) is 0 Å². The first-order chi connectivity index (χ1) is 14.1. The van der Waals surface area contributed by atoms with E-state index in [0.717, 1.165) is 16.7 Å². The van der Waals surface area contributed by atoms with Crippen LogP contribution in [0.4, 0.5) is 10.1 Å². The lowest BCUT2D eigenvalue weighted by Crippen LogP contribution is -2.13. The van der Waals surface area contributed by atoms with Gasteiger partial charge in [0.05, 0.1) is 12.1 Å². The number of carbonyl (C=O) groups is 1. The maximum Gasteiger partial charge on any atom is 0.259 e. The van der Waals surface area contributed by atoms with Crippen LogP contribution < -0.4 is 5.32 Å². The van der Waals surface area contributed by atoms with Gasteiger partial charge in [0, 0.05) is 17.4 Å². The molecule has 4 rings (SSSR count). The molecule has 0 spiro atoms. The van der Waals surface area contributed by atoms with E-state index in [1.165, 1.54) is 12.1 Å². The first kappa shape index (κ1) is 18.6. The van der Waals surface area contributed by atoms with Gasteiger partial charge in [-0.2, -0.15) is 5.10 Å². The smallest absolute Gasteiger partial charge is 0.259 e. The summed E-state index contributed by atoms with van der Waals surface area (Å²) in [5, 5.41) is 7.48. The molecule has 0 unspecified atom stereocenters. The van der Waals surface area contributed by atoms with Crippen LogP contribution in [0.25, 0.3) is 11.3 Å². The van der Waals surface area contributed by atoms with Crippen LogP contribution in [0.2, 0.25) is 0 Å². The Kier molecular flexibility index (Phi) is 5.20. The van der Waals surface area contributed by atoms with E-state index in [2.05, 4.69) is 10.4 Å². The van der Waals surface area contributed by atoms with Gasteiger partial charge in [0.15, 0.2) is 0 Å². The summed E-state index contributed by atoms with van der Waals surface area (Å²) in [5.74, 6) is -0.717. The number of carbonyl (C=O) groups excluding carboxylic acids is 1. The number of halogens is 1. The molecular formula is C24H20FN3O. The number of nitrogens with zero attached hydrogens (tertiary/aromatic N) is 2. The lowest BCUT2D eigenvalue weighted by Gasteiger charge is -2.08. The average Bonchev–Trinajstić information content (AvgIpc) is 3.16. The summed E-state index contributed by atoms with van der Waals surface area (Å²) < 4.78 is 15.4. The molecule has 29 heavy (non-hydrogen) atoms. The van der Waals surface area contributed by atoms with Crippen LogP contribution >= 0.6 is 0 Å². The third-order valence-corrected chi connectivity index (χ3v) is 4.69. The minimum absolute atomic E-state index is 0.322. The number of hydrogen-bond acceptors (Lipinski definition) is 2. The largest absolute Gasteiger partial charge is 0.322 e. The molecule has 4 nitrogen and oxygen atoms in total. The predicted octanol–water partition coefficient (Wildman–Crippen LogP) is 5.30. The molecule has 0 saturated heterocycles. The number of hydrogen-bond donors (Lipinski definition) is 1. The molecule has 0 aliphatic rings. The molecule has 0 atom stereocenters. The van der Waals surface area contributed by atoms with Crippen LogP contribution in [0.1, 0.15) is 21.5 Å². The van der Waals surface area contributed by atoms with Gasteiger partial charge in [0.2, 0.25) is 0 Å². The van der Waals surface area contributed by atoms with E-state index in [9.17, 15) is 9.18 Å². The molecule has 0 bridgehead atoms. The molecule has 5 heteroatoms. The summed E-state index contributed by atoms with van der Waals surface area (Å²) in [6.07, 6.45) is 1.74. The molecular weight excluding hydrogens is 365 g/mol. The quantitative estimate of drug-likeness (QED) is 0.507. The summed E-state index contributed by atoms with van der Waals surface area (Å²) in [5.41, 5.74) is 4.20. The maximum atomic E-state index is 13.6. The Balaban J connectivity index is 1.70. The molecule has 0 radical (unpaired) electrons. The Morgan fingerprint density at radius 1 is 1.00 bits per heavy atom. The molecule has 144 valence electrons. The number of aryl methyl sites for hydroxylation is 1. The fourth-order valence-electron chi connectivity index (χ4n) is 3.17. The van der Waals surface area contributed by atoms with Gasteiger partial charge in [0.1, 0.15) is 11.5 Å². The zero-order valence-electron chi connectivity index (χ0n) is 16.0. The minimum atomic E-state index is -0.394.